The van der Waals surface area contributed by atoms with Crippen LogP contribution in [-0.2, 0) is 6.42 Å². The topological polar surface area (TPSA) is 61.3 Å². The van der Waals surface area contributed by atoms with Crippen LogP contribution in [0.25, 0.3) is 0 Å². The third-order valence-corrected chi connectivity index (χ3v) is 5.51. The van der Waals surface area contributed by atoms with Crippen molar-refractivity contribution in [1.82, 2.24) is 9.97 Å². The third-order valence-electron chi connectivity index (χ3n) is 5.51. The molecule has 138 valence electrons. The second-order valence-corrected chi connectivity index (χ2v) is 7.72. The summed E-state index contributed by atoms with van der Waals surface area (Å²) >= 11 is 0. The molecule has 1 atom stereocenters. The lowest BCUT2D eigenvalue weighted by Crippen LogP contribution is -2.33. The predicted octanol–water partition coefficient (Wildman–Crippen LogP) is 2.87. The maximum absolute atomic E-state index is 13.1. The van der Waals surface area contributed by atoms with Crippen LogP contribution < -0.4 is 10.2 Å². The number of aliphatic hydroxyl groups is 1. The Morgan fingerprint density at radius 2 is 2.04 bits per heavy atom. The van der Waals surface area contributed by atoms with Crippen LogP contribution in [0.4, 0.5) is 16.0 Å². The van der Waals surface area contributed by atoms with Gasteiger partial charge in [-0.1, -0.05) is 12.1 Å². The molecule has 1 aliphatic heterocycles. The van der Waals surface area contributed by atoms with E-state index in [9.17, 15) is 9.50 Å². The van der Waals surface area contributed by atoms with Crippen LogP contribution in [0.2, 0.25) is 0 Å². The van der Waals surface area contributed by atoms with Crippen LogP contribution in [0.3, 0.4) is 0 Å². The lowest BCUT2D eigenvalue weighted by atomic mass is 9.81. The van der Waals surface area contributed by atoms with E-state index in [0.29, 0.717) is 0 Å². The van der Waals surface area contributed by atoms with Gasteiger partial charge in [0.1, 0.15) is 23.8 Å². The van der Waals surface area contributed by atoms with Crippen molar-refractivity contribution in [3.63, 3.8) is 0 Å². The summed E-state index contributed by atoms with van der Waals surface area (Å²) in [5.41, 5.74) is 0.835. The average Bonchev–Trinajstić information content (AvgIpc) is 3.41. The zero-order chi connectivity index (χ0) is 18.0. The highest BCUT2D eigenvalue weighted by molar-refractivity contribution is 5.49. The van der Waals surface area contributed by atoms with Crippen LogP contribution in [0.5, 0.6) is 0 Å². The first kappa shape index (κ1) is 17.2. The Bertz CT molecular complexity index is 750. The summed E-state index contributed by atoms with van der Waals surface area (Å²) in [4.78, 5) is 10.9. The first-order valence-corrected chi connectivity index (χ1v) is 9.32. The van der Waals surface area contributed by atoms with Crippen molar-refractivity contribution in [2.45, 2.75) is 25.7 Å². The lowest BCUT2D eigenvalue weighted by molar-refractivity contribution is 0.144. The maximum Gasteiger partial charge on any atom is 0.134 e. The number of benzene rings is 1. The highest BCUT2D eigenvalue weighted by Crippen LogP contribution is 2.36. The van der Waals surface area contributed by atoms with Crippen molar-refractivity contribution in [3.8, 4) is 0 Å². The quantitative estimate of drug-likeness (QED) is 0.799. The molecule has 0 spiro atoms. The van der Waals surface area contributed by atoms with E-state index in [4.69, 9.17) is 0 Å². The van der Waals surface area contributed by atoms with E-state index in [1.165, 1.54) is 25.0 Å². The van der Waals surface area contributed by atoms with Crippen LogP contribution in [0.15, 0.2) is 36.7 Å². The molecule has 6 heteroatoms. The van der Waals surface area contributed by atoms with Gasteiger partial charge in [-0.05, 0) is 49.3 Å². The Morgan fingerprint density at radius 1 is 1.23 bits per heavy atom. The number of anilines is 2. The molecule has 26 heavy (non-hydrogen) atoms. The number of hydrogen-bond acceptors (Lipinski definition) is 5. The number of aliphatic hydroxyl groups excluding tert-OH is 1. The summed E-state index contributed by atoms with van der Waals surface area (Å²) in [7, 11) is 0. The van der Waals surface area contributed by atoms with E-state index in [2.05, 4.69) is 20.2 Å². The molecule has 4 rings (SSSR count). The molecular formula is C20H25FN4O. The molecule has 1 saturated carbocycles. The van der Waals surface area contributed by atoms with E-state index < -0.39 is 0 Å². The largest absolute Gasteiger partial charge is 0.396 e. The van der Waals surface area contributed by atoms with Crippen molar-refractivity contribution in [1.29, 1.82) is 0 Å². The molecule has 0 bridgehead atoms. The second kappa shape index (κ2) is 7.19. The van der Waals surface area contributed by atoms with E-state index in [-0.39, 0.29) is 17.8 Å². The Morgan fingerprint density at radius 3 is 2.77 bits per heavy atom. The molecule has 2 aromatic rings. The summed E-state index contributed by atoms with van der Waals surface area (Å²) in [5.74, 6) is 2.32. The lowest BCUT2D eigenvalue weighted by Gasteiger charge is -2.27. The van der Waals surface area contributed by atoms with Crippen molar-refractivity contribution in [2.24, 2.45) is 11.3 Å². The van der Waals surface area contributed by atoms with E-state index in [1.807, 2.05) is 6.07 Å². The fourth-order valence-corrected chi connectivity index (χ4v) is 3.68. The SMILES string of the molecule is OCC1(Cc2ccc(F)cc2)CCN(c2cc(NCC3CC3)ncn2)C1. The first-order chi connectivity index (χ1) is 12.7. The molecule has 2 N–H and O–H groups in total. The average molecular weight is 356 g/mol. The fourth-order valence-electron chi connectivity index (χ4n) is 3.68. The van der Waals surface area contributed by atoms with Gasteiger partial charge in [-0.25, -0.2) is 14.4 Å². The molecule has 1 saturated heterocycles. The predicted molar refractivity (Wildman–Crippen MR) is 99.7 cm³/mol. The Kier molecular flexibility index (Phi) is 4.76. The van der Waals surface area contributed by atoms with Gasteiger partial charge >= 0.3 is 0 Å². The van der Waals surface area contributed by atoms with Crippen LogP contribution in [-0.4, -0.2) is 41.3 Å². The highest BCUT2D eigenvalue weighted by atomic mass is 19.1. The zero-order valence-corrected chi connectivity index (χ0v) is 14.9. The van der Waals surface area contributed by atoms with Crippen molar-refractivity contribution in [3.05, 3.63) is 48.0 Å². The summed E-state index contributed by atoms with van der Waals surface area (Å²) in [6, 6.07) is 8.57. The summed E-state index contributed by atoms with van der Waals surface area (Å²) in [6.07, 6.45) is 5.83. The molecule has 5 nitrogen and oxygen atoms in total. The van der Waals surface area contributed by atoms with Crippen LogP contribution in [0, 0.1) is 17.2 Å². The van der Waals surface area contributed by atoms with Gasteiger partial charge in [-0.15, -0.1) is 0 Å². The number of halogens is 1. The van der Waals surface area contributed by atoms with Gasteiger partial charge in [0.05, 0.1) is 6.61 Å². The highest BCUT2D eigenvalue weighted by Gasteiger charge is 2.38. The van der Waals surface area contributed by atoms with Crippen LogP contribution in [0.1, 0.15) is 24.8 Å². The van der Waals surface area contributed by atoms with E-state index in [0.717, 1.165) is 55.6 Å². The molecule has 0 radical (unpaired) electrons. The van der Waals surface area contributed by atoms with Gasteiger partial charge in [0.15, 0.2) is 0 Å². The van der Waals surface area contributed by atoms with Crippen LogP contribution >= 0.6 is 0 Å². The van der Waals surface area contributed by atoms with Crippen molar-refractivity contribution < 1.29 is 9.50 Å². The minimum atomic E-state index is -0.230. The monoisotopic (exact) mass is 356 g/mol. The summed E-state index contributed by atoms with van der Waals surface area (Å²) < 4.78 is 13.1. The van der Waals surface area contributed by atoms with E-state index in [1.54, 1.807) is 18.5 Å². The number of nitrogens with zero attached hydrogens (tertiary/aromatic N) is 3. The van der Waals surface area contributed by atoms with Gasteiger partial charge in [-0.2, -0.15) is 0 Å². The normalized spacial score (nSPS) is 22.6. The van der Waals surface area contributed by atoms with Gasteiger partial charge in [0, 0.05) is 31.1 Å². The van der Waals surface area contributed by atoms with Gasteiger partial charge in [-0.3, -0.25) is 0 Å². The zero-order valence-electron chi connectivity index (χ0n) is 14.9. The van der Waals surface area contributed by atoms with Crippen molar-refractivity contribution in [2.75, 3.05) is 36.5 Å². The second-order valence-electron chi connectivity index (χ2n) is 7.72. The molecule has 1 unspecified atom stereocenters. The molecule has 1 aromatic heterocycles. The van der Waals surface area contributed by atoms with Gasteiger partial charge < -0.3 is 15.3 Å². The van der Waals surface area contributed by atoms with Gasteiger partial charge in [0.25, 0.3) is 0 Å². The molecule has 2 aliphatic rings. The number of hydrogen-bond donors (Lipinski definition) is 2. The fraction of sp³-hybridized carbons (Fsp3) is 0.500. The summed E-state index contributed by atoms with van der Waals surface area (Å²) in [5, 5.41) is 13.4. The number of nitrogens with one attached hydrogen (secondary N) is 1. The molecule has 1 aromatic carbocycles. The minimum Gasteiger partial charge on any atom is -0.396 e. The molecule has 0 amide bonds. The molecule has 2 heterocycles. The van der Waals surface area contributed by atoms with E-state index >= 15 is 0 Å². The Balaban J connectivity index is 1.44. The maximum atomic E-state index is 13.1. The Labute approximate surface area is 153 Å². The smallest absolute Gasteiger partial charge is 0.134 e. The minimum absolute atomic E-state index is 0.110. The molecular weight excluding hydrogens is 331 g/mol. The summed E-state index contributed by atoms with van der Waals surface area (Å²) in [6.45, 7) is 2.67. The number of rotatable bonds is 7. The Hall–Kier alpha value is -2.21. The van der Waals surface area contributed by atoms with Gasteiger partial charge in [0.2, 0.25) is 0 Å². The number of aromatic nitrogens is 2. The third kappa shape index (κ3) is 3.96. The first-order valence-electron chi connectivity index (χ1n) is 9.32. The standard InChI is InChI=1S/C20H25FN4O/c21-17-5-3-15(4-6-17)10-20(13-26)7-8-25(12-20)19-9-18(23-14-24-19)22-11-16-1-2-16/h3-6,9,14,16,26H,1-2,7-8,10-13H2,(H,22,23,24). The van der Waals surface area contributed by atoms with Crippen molar-refractivity contribution >= 4 is 11.6 Å². The molecule has 2 fully saturated rings. The molecule has 1 aliphatic carbocycles.